The zero-order valence-corrected chi connectivity index (χ0v) is 19.8. The summed E-state index contributed by atoms with van der Waals surface area (Å²) >= 11 is 1.71. The van der Waals surface area contributed by atoms with Gasteiger partial charge in [0.25, 0.3) is 5.56 Å². The standard InChI is InChI=1S/C20H23N5O2S.C2HF3O2/c1-23(2)12-16-8-7-15(28-16)9-21-20(27)24-10-14(11-24)25-13-22-18-6-4-3-5-17(18)19(25)26;3-2(4,5)1(6)7/h3-8,13-14H,9-12H2,1-2H3,(H,21,27);(H,6,7). The van der Waals surface area contributed by atoms with Crippen LogP contribution < -0.4 is 10.9 Å². The molecule has 1 aromatic carbocycles. The van der Waals surface area contributed by atoms with Crippen LogP contribution in [-0.4, -0.2) is 69.8 Å². The Hall–Kier alpha value is -3.45. The van der Waals surface area contributed by atoms with Crippen molar-refractivity contribution in [2.24, 2.45) is 0 Å². The summed E-state index contributed by atoms with van der Waals surface area (Å²) in [6.07, 6.45) is -3.50. The molecule has 2 amide bonds. The zero-order valence-electron chi connectivity index (χ0n) is 19.0. The van der Waals surface area contributed by atoms with E-state index in [4.69, 9.17) is 9.90 Å². The summed E-state index contributed by atoms with van der Waals surface area (Å²) in [5.74, 6) is -2.76. The molecule has 2 N–H and O–H groups in total. The number of aliphatic carboxylic acids is 1. The minimum absolute atomic E-state index is 0.0243. The first-order valence-electron chi connectivity index (χ1n) is 10.5. The Morgan fingerprint density at radius 2 is 1.80 bits per heavy atom. The van der Waals surface area contributed by atoms with Crippen LogP contribution in [0.25, 0.3) is 10.9 Å². The van der Waals surface area contributed by atoms with Crippen molar-refractivity contribution in [1.29, 1.82) is 0 Å². The van der Waals surface area contributed by atoms with E-state index in [1.54, 1.807) is 33.2 Å². The van der Waals surface area contributed by atoms with E-state index in [0.717, 1.165) is 11.4 Å². The van der Waals surface area contributed by atoms with Crippen molar-refractivity contribution >= 4 is 34.2 Å². The molecule has 2 aromatic heterocycles. The Balaban J connectivity index is 0.000000429. The predicted octanol–water partition coefficient (Wildman–Crippen LogP) is 2.92. The topological polar surface area (TPSA) is 108 Å². The third kappa shape index (κ3) is 6.79. The fourth-order valence-electron chi connectivity index (χ4n) is 3.33. The van der Waals surface area contributed by atoms with Crippen LogP contribution in [0.2, 0.25) is 0 Å². The lowest BCUT2D eigenvalue weighted by molar-refractivity contribution is -0.192. The number of carbonyl (C=O) groups excluding carboxylic acids is 1. The van der Waals surface area contributed by atoms with Gasteiger partial charge < -0.3 is 20.2 Å². The molecule has 3 heterocycles. The van der Waals surface area contributed by atoms with Crippen LogP contribution in [0.1, 0.15) is 15.8 Å². The Morgan fingerprint density at radius 1 is 1.17 bits per heavy atom. The largest absolute Gasteiger partial charge is 0.490 e. The van der Waals surface area contributed by atoms with Gasteiger partial charge in [0.2, 0.25) is 0 Å². The number of amides is 2. The highest BCUT2D eigenvalue weighted by molar-refractivity contribution is 7.11. The van der Waals surface area contributed by atoms with E-state index < -0.39 is 12.1 Å². The number of hydrogen-bond donors (Lipinski definition) is 2. The summed E-state index contributed by atoms with van der Waals surface area (Å²) in [5.41, 5.74) is 0.643. The van der Waals surface area contributed by atoms with Gasteiger partial charge in [-0.25, -0.2) is 14.6 Å². The number of carbonyl (C=O) groups is 2. The van der Waals surface area contributed by atoms with Crippen LogP contribution in [0, 0.1) is 0 Å². The first-order valence-corrected chi connectivity index (χ1v) is 11.3. The van der Waals surface area contributed by atoms with E-state index in [9.17, 15) is 22.8 Å². The van der Waals surface area contributed by atoms with Gasteiger partial charge in [0, 0.05) is 29.4 Å². The van der Waals surface area contributed by atoms with Crippen molar-refractivity contribution in [2.45, 2.75) is 25.3 Å². The highest BCUT2D eigenvalue weighted by atomic mass is 32.1. The van der Waals surface area contributed by atoms with Crippen LogP contribution in [0.4, 0.5) is 18.0 Å². The molecule has 0 atom stereocenters. The second kappa shape index (κ2) is 10.9. The number of para-hydroxylation sites is 1. The number of nitrogens with zero attached hydrogens (tertiary/aromatic N) is 4. The fraction of sp³-hybridized carbons (Fsp3) is 0.364. The van der Waals surface area contributed by atoms with Gasteiger partial charge in [-0.05, 0) is 38.4 Å². The van der Waals surface area contributed by atoms with Crippen molar-refractivity contribution in [1.82, 2.24) is 24.7 Å². The van der Waals surface area contributed by atoms with Crippen LogP contribution in [0.15, 0.2) is 47.5 Å². The number of aromatic nitrogens is 2. The summed E-state index contributed by atoms with van der Waals surface area (Å²) in [6, 6.07) is 11.4. The van der Waals surface area contributed by atoms with Gasteiger partial charge in [-0.2, -0.15) is 13.2 Å². The molecule has 0 unspecified atom stereocenters. The molecular formula is C22H24F3N5O4S. The molecule has 1 aliphatic heterocycles. The number of carboxylic acid groups (broad SMARTS) is 1. The van der Waals surface area contributed by atoms with Crippen molar-refractivity contribution in [3.63, 3.8) is 0 Å². The molecule has 4 rings (SSSR count). The second-order valence-corrected chi connectivity index (χ2v) is 9.35. The van der Waals surface area contributed by atoms with E-state index in [-0.39, 0.29) is 17.6 Å². The van der Waals surface area contributed by atoms with Gasteiger partial charge in [-0.15, -0.1) is 11.3 Å². The molecule has 3 aromatic rings. The minimum atomic E-state index is -5.08. The van der Waals surface area contributed by atoms with Crippen LogP contribution in [0.5, 0.6) is 0 Å². The number of likely N-dealkylation sites (tertiary alicyclic amines) is 1. The minimum Gasteiger partial charge on any atom is -0.475 e. The number of fused-ring (bicyclic) bond motifs is 1. The van der Waals surface area contributed by atoms with Crippen LogP contribution in [0.3, 0.4) is 0 Å². The average molecular weight is 512 g/mol. The van der Waals surface area contributed by atoms with E-state index in [1.807, 2.05) is 32.3 Å². The van der Waals surface area contributed by atoms with Gasteiger partial charge in [0.15, 0.2) is 0 Å². The van der Waals surface area contributed by atoms with Crippen molar-refractivity contribution < 1.29 is 27.9 Å². The third-order valence-corrected chi connectivity index (χ3v) is 6.15. The van der Waals surface area contributed by atoms with Crippen molar-refractivity contribution in [3.05, 3.63) is 62.8 Å². The van der Waals surface area contributed by atoms with Gasteiger partial charge >= 0.3 is 18.2 Å². The Labute approximate surface area is 202 Å². The number of carboxylic acids is 1. The summed E-state index contributed by atoms with van der Waals surface area (Å²) in [4.78, 5) is 44.5. The maximum Gasteiger partial charge on any atom is 0.490 e. The quantitative estimate of drug-likeness (QED) is 0.546. The SMILES string of the molecule is CN(C)Cc1ccc(CNC(=O)N2CC(n3cnc4ccccc4c3=O)C2)s1.O=C(O)C(F)(F)F. The van der Waals surface area contributed by atoms with E-state index in [0.29, 0.717) is 30.5 Å². The maximum atomic E-state index is 12.6. The van der Waals surface area contributed by atoms with Gasteiger partial charge in [0.1, 0.15) is 0 Å². The molecule has 0 bridgehead atoms. The number of halogens is 3. The number of hydrogen-bond acceptors (Lipinski definition) is 6. The maximum absolute atomic E-state index is 12.6. The summed E-state index contributed by atoms with van der Waals surface area (Å²) < 4.78 is 33.4. The Kier molecular flexibility index (Phi) is 8.12. The number of rotatable bonds is 5. The zero-order chi connectivity index (χ0) is 25.8. The average Bonchev–Trinajstić information content (AvgIpc) is 3.19. The molecule has 1 aliphatic rings. The first kappa shape index (κ1) is 26.2. The lowest BCUT2D eigenvalue weighted by Gasteiger charge is -2.39. The van der Waals surface area contributed by atoms with Crippen LogP contribution in [-0.2, 0) is 17.9 Å². The first-order chi connectivity index (χ1) is 16.5. The highest BCUT2D eigenvalue weighted by Gasteiger charge is 2.38. The number of urea groups is 1. The molecule has 1 saturated heterocycles. The van der Waals surface area contributed by atoms with E-state index >= 15 is 0 Å². The molecule has 1 fully saturated rings. The summed E-state index contributed by atoms with van der Waals surface area (Å²) in [7, 11) is 4.08. The second-order valence-electron chi connectivity index (χ2n) is 8.10. The number of nitrogens with one attached hydrogen (secondary N) is 1. The third-order valence-electron chi connectivity index (χ3n) is 5.08. The van der Waals surface area contributed by atoms with Crippen molar-refractivity contribution in [3.8, 4) is 0 Å². The normalized spacial score (nSPS) is 13.8. The molecule has 9 nitrogen and oxygen atoms in total. The molecule has 13 heteroatoms. The Bertz CT molecular complexity index is 1250. The summed E-state index contributed by atoms with van der Waals surface area (Å²) in [5, 5.41) is 10.7. The summed E-state index contributed by atoms with van der Waals surface area (Å²) in [6.45, 7) is 2.46. The molecule has 0 saturated carbocycles. The molecular weight excluding hydrogens is 487 g/mol. The highest BCUT2D eigenvalue weighted by Crippen LogP contribution is 2.21. The molecule has 35 heavy (non-hydrogen) atoms. The molecule has 188 valence electrons. The fourth-order valence-corrected chi connectivity index (χ4v) is 4.40. The molecule has 0 radical (unpaired) electrons. The molecule has 0 aliphatic carbocycles. The number of alkyl halides is 3. The lowest BCUT2D eigenvalue weighted by atomic mass is 10.1. The van der Waals surface area contributed by atoms with E-state index in [1.165, 1.54) is 4.88 Å². The lowest BCUT2D eigenvalue weighted by Crippen LogP contribution is -2.55. The van der Waals surface area contributed by atoms with Gasteiger partial charge in [-0.1, -0.05) is 12.1 Å². The van der Waals surface area contributed by atoms with Crippen LogP contribution >= 0.6 is 11.3 Å². The predicted molar refractivity (Wildman–Crippen MR) is 124 cm³/mol. The number of thiophene rings is 1. The smallest absolute Gasteiger partial charge is 0.475 e. The number of benzene rings is 1. The van der Waals surface area contributed by atoms with Gasteiger partial charge in [-0.3, -0.25) is 9.36 Å². The van der Waals surface area contributed by atoms with E-state index in [2.05, 4.69) is 27.3 Å². The van der Waals surface area contributed by atoms with Gasteiger partial charge in [0.05, 0.1) is 29.8 Å². The molecule has 0 spiro atoms. The van der Waals surface area contributed by atoms with Crippen molar-refractivity contribution in [2.75, 3.05) is 27.2 Å². The monoisotopic (exact) mass is 511 g/mol. The Morgan fingerprint density at radius 3 is 2.43 bits per heavy atom.